The Labute approximate surface area is 365 Å². The van der Waals surface area contributed by atoms with Crippen LogP contribution in [-0.4, -0.2) is 105 Å². The zero-order valence-electron chi connectivity index (χ0n) is 38.7. The van der Waals surface area contributed by atoms with E-state index in [9.17, 15) is 19.2 Å². The highest BCUT2D eigenvalue weighted by Gasteiger charge is 2.05. The van der Waals surface area contributed by atoms with Gasteiger partial charge >= 0.3 is 23.9 Å². The molecule has 0 aromatic rings. The molecule has 0 aromatic carbocycles. The Bertz CT molecular complexity index is 846. The van der Waals surface area contributed by atoms with Crippen LogP contribution in [0.5, 0.6) is 0 Å². The zero-order valence-corrected chi connectivity index (χ0v) is 38.7. The topological polar surface area (TPSA) is 142 Å². The number of unbranched alkanes of at least 4 members (excludes halogenated alkanes) is 20. The first kappa shape index (κ1) is 59.3. The van der Waals surface area contributed by atoms with Gasteiger partial charge in [-0.2, -0.15) is 0 Å². The molecule has 0 fully saturated rings. The summed E-state index contributed by atoms with van der Waals surface area (Å²) in [5.74, 6) is -0.461. The number of methoxy groups -OCH3 is 4. The minimum absolute atomic E-state index is 0.115. The van der Waals surface area contributed by atoms with E-state index in [2.05, 4.69) is 24.3 Å². The number of carbonyl (C=O) groups excluding carboxylic acids is 4. The maximum Gasteiger partial charge on any atom is 0.305 e. The number of esters is 4. The van der Waals surface area contributed by atoms with Crippen LogP contribution in [0, 0.1) is 0 Å². The van der Waals surface area contributed by atoms with E-state index < -0.39 is 0 Å². The molecule has 0 saturated carbocycles. The van der Waals surface area contributed by atoms with Gasteiger partial charge in [0, 0.05) is 54.1 Å². The summed E-state index contributed by atoms with van der Waals surface area (Å²) in [5.41, 5.74) is 0. The van der Waals surface area contributed by atoms with Gasteiger partial charge in [-0.3, -0.25) is 19.2 Å². The minimum Gasteiger partial charge on any atom is -0.463 e. The van der Waals surface area contributed by atoms with Gasteiger partial charge in [0.25, 0.3) is 0 Å². The Hall–Kier alpha value is -2.80. The molecule has 0 aliphatic rings. The van der Waals surface area contributed by atoms with Crippen LogP contribution in [0.25, 0.3) is 0 Å². The molecule has 0 aliphatic heterocycles. The number of hydrogen-bond acceptors (Lipinski definition) is 12. The first-order valence-corrected chi connectivity index (χ1v) is 23.3. The normalized spacial score (nSPS) is 11.1. The number of rotatable bonds is 44. The molecule has 0 amide bonds. The summed E-state index contributed by atoms with van der Waals surface area (Å²) in [4.78, 5) is 45.7. The van der Waals surface area contributed by atoms with Crippen LogP contribution in [0.3, 0.4) is 0 Å². The summed E-state index contributed by atoms with van der Waals surface area (Å²) in [5, 5.41) is 0. The standard InChI is InChI=1S/2C24H44O6/c2*1-27-19-21-29-23(25)17-15-13-11-9-7-5-3-4-6-8-10-12-14-16-18-24(26)30-22-20-28-2/h2*3-4H,5-22H2,1-2H3/b2*4-3+. The minimum atomic E-state index is -0.115. The van der Waals surface area contributed by atoms with Crippen molar-refractivity contribution in [2.24, 2.45) is 0 Å². The summed E-state index contributed by atoms with van der Waals surface area (Å²) in [6.07, 6.45) is 38.3. The van der Waals surface area contributed by atoms with Crippen molar-refractivity contribution in [3.05, 3.63) is 24.3 Å². The highest BCUT2D eigenvalue weighted by atomic mass is 16.6. The van der Waals surface area contributed by atoms with Crippen molar-refractivity contribution in [2.75, 3.05) is 81.3 Å². The Balaban J connectivity index is 0. The van der Waals surface area contributed by atoms with Gasteiger partial charge in [-0.1, -0.05) is 101 Å². The van der Waals surface area contributed by atoms with Crippen molar-refractivity contribution in [3.63, 3.8) is 0 Å². The van der Waals surface area contributed by atoms with Crippen LogP contribution in [0.1, 0.15) is 180 Å². The van der Waals surface area contributed by atoms with Crippen LogP contribution in [-0.2, 0) is 57.1 Å². The van der Waals surface area contributed by atoms with E-state index in [-0.39, 0.29) is 23.9 Å². The highest BCUT2D eigenvalue weighted by Crippen LogP contribution is 2.12. The van der Waals surface area contributed by atoms with Crippen LogP contribution < -0.4 is 0 Å². The van der Waals surface area contributed by atoms with Crippen molar-refractivity contribution in [1.29, 1.82) is 0 Å². The van der Waals surface area contributed by atoms with E-state index in [1.807, 2.05) is 0 Å². The number of ether oxygens (including phenoxy) is 8. The molecule has 0 rings (SSSR count). The second-order valence-electron chi connectivity index (χ2n) is 15.0. The van der Waals surface area contributed by atoms with E-state index in [1.54, 1.807) is 28.4 Å². The fourth-order valence-electron chi connectivity index (χ4n) is 5.96. The predicted molar refractivity (Wildman–Crippen MR) is 239 cm³/mol. The third-order valence-corrected chi connectivity index (χ3v) is 9.54. The summed E-state index contributed by atoms with van der Waals surface area (Å²) in [7, 11) is 6.39. The third kappa shape index (κ3) is 53.2. The van der Waals surface area contributed by atoms with Crippen LogP contribution in [0.15, 0.2) is 24.3 Å². The lowest BCUT2D eigenvalue weighted by Crippen LogP contribution is -2.09. The molecule has 12 nitrogen and oxygen atoms in total. The summed E-state index contributed by atoms with van der Waals surface area (Å²) >= 11 is 0. The van der Waals surface area contributed by atoms with Gasteiger partial charge in [-0.15, -0.1) is 0 Å². The predicted octanol–water partition coefficient (Wildman–Crippen LogP) is 10.8. The maximum atomic E-state index is 11.4. The molecule has 0 atom stereocenters. The molecular weight excluding hydrogens is 769 g/mol. The molecule has 0 spiro atoms. The third-order valence-electron chi connectivity index (χ3n) is 9.54. The highest BCUT2D eigenvalue weighted by molar-refractivity contribution is 5.70. The Morgan fingerprint density at radius 1 is 0.267 bits per heavy atom. The fourth-order valence-corrected chi connectivity index (χ4v) is 5.96. The monoisotopic (exact) mass is 857 g/mol. The second kappa shape index (κ2) is 52.3. The molecule has 352 valence electrons. The van der Waals surface area contributed by atoms with E-state index in [4.69, 9.17) is 37.9 Å². The lowest BCUT2D eigenvalue weighted by atomic mass is 10.1. The number of hydrogen-bond donors (Lipinski definition) is 0. The Morgan fingerprint density at radius 3 is 0.650 bits per heavy atom. The quantitative estimate of drug-likeness (QED) is 0.0249. The van der Waals surface area contributed by atoms with Crippen molar-refractivity contribution < 1.29 is 57.1 Å². The van der Waals surface area contributed by atoms with Gasteiger partial charge in [0.15, 0.2) is 0 Å². The van der Waals surface area contributed by atoms with Gasteiger partial charge in [0.05, 0.1) is 26.4 Å². The summed E-state index contributed by atoms with van der Waals surface area (Å²) < 4.78 is 39.5. The summed E-state index contributed by atoms with van der Waals surface area (Å²) in [6.45, 7) is 3.28. The van der Waals surface area contributed by atoms with Crippen LogP contribution >= 0.6 is 0 Å². The van der Waals surface area contributed by atoms with Crippen molar-refractivity contribution in [1.82, 2.24) is 0 Å². The molecule has 0 radical (unpaired) electrons. The molecular formula is C48H88O12. The molecule has 0 N–H and O–H groups in total. The lowest BCUT2D eigenvalue weighted by Gasteiger charge is -2.04. The molecule has 0 aromatic heterocycles. The zero-order chi connectivity index (χ0) is 44.3. The molecule has 12 heteroatoms. The molecule has 0 saturated heterocycles. The first-order chi connectivity index (χ1) is 29.4. The Kier molecular flexibility index (Phi) is 51.7. The van der Waals surface area contributed by atoms with Crippen molar-refractivity contribution >= 4 is 23.9 Å². The lowest BCUT2D eigenvalue weighted by molar-refractivity contribution is -0.145. The van der Waals surface area contributed by atoms with E-state index in [0.717, 1.165) is 77.0 Å². The van der Waals surface area contributed by atoms with Gasteiger partial charge in [0.1, 0.15) is 26.4 Å². The maximum absolute atomic E-state index is 11.4. The fraction of sp³-hybridized carbons (Fsp3) is 0.833. The van der Waals surface area contributed by atoms with Gasteiger partial charge in [-0.25, -0.2) is 0 Å². The average Bonchev–Trinajstić information content (AvgIpc) is 3.24. The van der Waals surface area contributed by atoms with Gasteiger partial charge in [0.2, 0.25) is 0 Å². The average molecular weight is 857 g/mol. The number of allylic oxidation sites excluding steroid dienone is 4. The van der Waals surface area contributed by atoms with Crippen LogP contribution in [0.2, 0.25) is 0 Å². The van der Waals surface area contributed by atoms with Crippen molar-refractivity contribution in [2.45, 2.75) is 180 Å². The molecule has 0 bridgehead atoms. The molecule has 0 unspecified atom stereocenters. The first-order valence-electron chi connectivity index (χ1n) is 23.3. The van der Waals surface area contributed by atoms with Crippen molar-refractivity contribution in [3.8, 4) is 0 Å². The molecule has 60 heavy (non-hydrogen) atoms. The van der Waals surface area contributed by atoms with E-state index >= 15 is 0 Å². The second-order valence-corrected chi connectivity index (χ2v) is 15.0. The smallest absolute Gasteiger partial charge is 0.305 e. The SMILES string of the molecule is COCCOC(=O)CCCCCCC/C=C/CCCCCCCC(=O)OCCOC.COCCOC(=O)CCCCCCC/C=C/CCCCCCCC(=O)OCCOC. The van der Waals surface area contributed by atoms with Gasteiger partial charge < -0.3 is 37.9 Å². The number of carbonyl (C=O) groups is 4. The molecule has 0 aliphatic carbocycles. The largest absolute Gasteiger partial charge is 0.463 e. The molecule has 0 heterocycles. The van der Waals surface area contributed by atoms with E-state index in [1.165, 1.54) is 77.0 Å². The Morgan fingerprint density at radius 2 is 0.450 bits per heavy atom. The van der Waals surface area contributed by atoms with Crippen LogP contribution in [0.4, 0.5) is 0 Å². The summed E-state index contributed by atoms with van der Waals surface area (Å²) in [6, 6.07) is 0. The van der Waals surface area contributed by atoms with E-state index in [0.29, 0.717) is 78.5 Å². The van der Waals surface area contributed by atoms with Gasteiger partial charge in [-0.05, 0) is 77.0 Å².